The summed E-state index contributed by atoms with van der Waals surface area (Å²) in [6.07, 6.45) is 1.06. The third-order valence-electron chi connectivity index (χ3n) is 2.85. The molecule has 98 valence electrons. The van der Waals surface area contributed by atoms with Gasteiger partial charge in [-0.2, -0.15) is 5.10 Å². The predicted octanol–water partition coefficient (Wildman–Crippen LogP) is 2.92. The fourth-order valence-electron chi connectivity index (χ4n) is 1.92. The lowest BCUT2D eigenvalue weighted by molar-refractivity contribution is 0.464. The Morgan fingerprint density at radius 1 is 1.29 bits per heavy atom. The monoisotopic (exact) mass is 301 g/mol. The van der Waals surface area contributed by atoms with Gasteiger partial charge in [0, 0.05) is 7.05 Å². The molecule has 0 aliphatic rings. The van der Waals surface area contributed by atoms with Gasteiger partial charge in [0.1, 0.15) is 0 Å². The maximum atomic E-state index is 4.42. The Hall–Kier alpha value is -0.350. The molecule has 0 aromatic carbocycles. The third kappa shape index (κ3) is 4.43. The molecule has 1 aromatic rings. The molecule has 0 saturated carbocycles. The van der Waals surface area contributed by atoms with Crippen molar-refractivity contribution >= 4 is 15.9 Å². The van der Waals surface area contributed by atoms with Crippen LogP contribution in [0.25, 0.3) is 0 Å². The highest BCUT2D eigenvalue weighted by Crippen LogP contribution is 2.22. The molecule has 0 spiro atoms. The van der Waals surface area contributed by atoms with Gasteiger partial charge in [-0.3, -0.25) is 4.68 Å². The molecule has 1 atom stereocenters. The number of rotatable bonds is 6. The van der Waals surface area contributed by atoms with Gasteiger partial charge in [-0.1, -0.05) is 20.8 Å². The molecule has 3 nitrogen and oxygen atoms in total. The summed E-state index contributed by atoms with van der Waals surface area (Å²) >= 11 is 3.62. The number of aryl methyl sites for hydroxylation is 2. The molecule has 1 aromatic heterocycles. The first-order valence-electron chi connectivity index (χ1n) is 6.30. The first-order valence-corrected chi connectivity index (χ1v) is 7.09. The lowest BCUT2D eigenvalue weighted by Crippen LogP contribution is -2.26. The van der Waals surface area contributed by atoms with E-state index in [-0.39, 0.29) is 0 Å². The Balaban J connectivity index is 2.47. The largest absolute Gasteiger partial charge is 0.316 e. The van der Waals surface area contributed by atoms with E-state index in [1.807, 2.05) is 18.7 Å². The summed E-state index contributed by atoms with van der Waals surface area (Å²) < 4.78 is 3.15. The lowest BCUT2D eigenvalue weighted by atomic mass is 10.1. The second-order valence-corrected chi connectivity index (χ2v) is 6.12. The highest BCUT2D eigenvalue weighted by molar-refractivity contribution is 9.10. The molecular formula is C13H24BrN3. The van der Waals surface area contributed by atoms with E-state index in [9.17, 15) is 0 Å². The Kier molecular flexibility index (Phi) is 5.67. The standard InChI is InChI=1S/C13H24BrN3/c1-9(2)7-15-8-10(3)6-12-13(14)11(4)16-17(12)5/h9-10,15H,6-8H2,1-5H3. The van der Waals surface area contributed by atoms with Crippen LogP contribution in [0.4, 0.5) is 0 Å². The average Bonchev–Trinajstić information content (AvgIpc) is 2.44. The minimum atomic E-state index is 0.625. The van der Waals surface area contributed by atoms with Crippen molar-refractivity contribution in [2.75, 3.05) is 13.1 Å². The number of aromatic nitrogens is 2. The van der Waals surface area contributed by atoms with Gasteiger partial charge in [0.05, 0.1) is 15.9 Å². The van der Waals surface area contributed by atoms with Gasteiger partial charge >= 0.3 is 0 Å². The molecule has 1 N–H and O–H groups in total. The second kappa shape index (κ2) is 6.55. The van der Waals surface area contributed by atoms with Crippen LogP contribution in [0.15, 0.2) is 4.47 Å². The minimum absolute atomic E-state index is 0.625. The average molecular weight is 302 g/mol. The van der Waals surface area contributed by atoms with Crippen LogP contribution >= 0.6 is 15.9 Å². The molecular weight excluding hydrogens is 278 g/mol. The molecule has 0 bridgehead atoms. The van der Waals surface area contributed by atoms with Crippen LogP contribution in [0.5, 0.6) is 0 Å². The SMILES string of the molecule is Cc1nn(C)c(CC(C)CNCC(C)C)c1Br. The fourth-order valence-corrected chi connectivity index (χ4v) is 2.42. The maximum absolute atomic E-state index is 4.42. The van der Waals surface area contributed by atoms with E-state index in [2.05, 4.69) is 47.1 Å². The highest BCUT2D eigenvalue weighted by atomic mass is 79.9. The number of nitrogens with one attached hydrogen (secondary N) is 1. The van der Waals surface area contributed by atoms with Crippen molar-refractivity contribution in [3.05, 3.63) is 15.9 Å². The van der Waals surface area contributed by atoms with Crippen molar-refractivity contribution in [2.24, 2.45) is 18.9 Å². The third-order valence-corrected chi connectivity index (χ3v) is 3.88. The van der Waals surface area contributed by atoms with Crippen LogP contribution in [0.2, 0.25) is 0 Å². The Morgan fingerprint density at radius 3 is 2.41 bits per heavy atom. The molecule has 0 fully saturated rings. The number of hydrogen-bond acceptors (Lipinski definition) is 2. The highest BCUT2D eigenvalue weighted by Gasteiger charge is 2.13. The van der Waals surface area contributed by atoms with E-state index < -0.39 is 0 Å². The topological polar surface area (TPSA) is 29.9 Å². The lowest BCUT2D eigenvalue weighted by Gasteiger charge is -2.14. The van der Waals surface area contributed by atoms with Gasteiger partial charge < -0.3 is 5.32 Å². The molecule has 0 aliphatic carbocycles. The first kappa shape index (κ1) is 14.7. The molecule has 0 amide bonds. The van der Waals surface area contributed by atoms with Gasteiger partial charge in [-0.05, 0) is 54.2 Å². The molecule has 0 saturated heterocycles. The molecule has 0 radical (unpaired) electrons. The van der Waals surface area contributed by atoms with Crippen LogP contribution in [-0.2, 0) is 13.5 Å². The van der Waals surface area contributed by atoms with E-state index in [0.29, 0.717) is 11.8 Å². The molecule has 4 heteroatoms. The zero-order chi connectivity index (χ0) is 13.0. The van der Waals surface area contributed by atoms with Crippen LogP contribution in [0.3, 0.4) is 0 Å². The van der Waals surface area contributed by atoms with Gasteiger partial charge in [-0.15, -0.1) is 0 Å². The van der Waals surface area contributed by atoms with Crippen LogP contribution in [0.1, 0.15) is 32.2 Å². The normalized spacial score (nSPS) is 13.4. The predicted molar refractivity (Wildman–Crippen MR) is 76.2 cm³/mol. The number of hydrogen-bond donors (Lipinski definition) is 1. The Labute approximate surface area is 113 Å². The fraction of sp³-hybridized carbons (Fsp3) is 0.769. The molecule has 1 unspecified atom stereocenters. The maximum Gasteiger partial charge on any atom is 0.0738 e. The Bertz CT molecular complexity index is 358. The van der Waals surface area contributed by atoms with E-state index in [1.165, 1.54) is 5.69 Å². The minimum Gasteiger partial charge on any atom is -0.316 e. The van der Waals surface area contributed by atoms with Crippen molar-refractivity contribution in [3.63, 3.8) is 0 Å². The number of halogens is 1. The molecule has 1 heterocycles. The summed E-state index contributed by atoms with van der Waals surface area (Å²) in [4.78, 5) is 0. The van der Waals surface area contributed by atoms with Crippen molar-refractivity contribution in [3.8, 4) is 0 Å². The number of nitrogens with zero attached hydrogens (tertiary/aromatic N) is 2. The summed E-state index contributed by atoms with van der Waals surface area (Å²) in [5, 5.41) is 7.93. The van der Waals surface area contributed by atoms with Crippen LogP contribution in [0, 0.1) is 18.8 Å². The van der Waals surface area contributed by atoms with Crippen molar-refractivity contribution < 1.29 is 0 Å². The van der Waals surface area contributed by atoms with Crippen molar-refractivity contribution in [1.29, 1.82) is 0 Å². The van der Waals surface area contributed by atoms with E-state index in [4.69, 9.17) is 0 Å². The summed E-state index contributed by atoms with van der Waals surface area (Å²) in [6, 6.07) is 0. The summed E-state index contributed by atoms with van der Waals surface area (Å²) in [5.74, 6) is 1.34. The molecule has 1 rings (SSSR count). The van der Waals surface area contributed by atoms with Gasteiger partial charge in [0.15, 0.2) is 0 Å². The van der Waals surface area contributed by atoms with Crippen LogP contribution < -0.4 is 5.32 Å². The van der Waals surface area contributed by atoms with Crippen LogP contribution in [-0.4, -0.2) is 22.9 Å². The van der Waals surface area contributed by atoms with Gasteiger partial charge in [0.25, 0.3) is 0 Å². The van der Waals surface area contributed by atoms with Gasteiger partial charge in [0.2, 0.25) is 0 Å². The second-order valence-electron chi connectivity index (χ2n) is 5.33. The van der Waals surface area contributed by atoms with E-state index in [0.717, 1.165) is 29.7 Å². The summed E-state index contributed by atoms with van der Waals surface area (Å²) in [5.41, 5.74) is 2.37. The first-order chi connectivity index (χ1) is 7.91. The van der Waals surface area contributed by atoms with Crippen molar-refractivity contribution in [1.82, 2.24) is 15.1 Å². The van der Waals surface area contributed by atoms with Gasteiger partial charge in [-0.25, -0.2) is 0 Å². The van der Waals surface area contributed by atoms with Crippen molar-refractivity contribution in [2.45, 2.75) is 34.1 Å². The van der Waals surface area contributed by atoms with E-state index >= 15 is 0 Å². The molecule has 17 heavy (non-hydrogen) atoms. The summed E-state index contributed by atoms with van der Waals surface area (Å²) in [6.45, 7) is 10.9. The molecule has 0 aliphatic heterocycles. The quantitative estimate of drug-likeness (QED) is 0.875. The Morgan fingerprint density at radius 2 is 1.94 bits per heavy atom. The zero-order valence-electron chi connectivity index (χ0n) is 11.5. The smallest absolute Gasteiger partial charge is 0.0738 e. The van der Waals surface area contributed by atoms with E-state index in [1.54, 1.807) is 0 Å². The summed E-state index contributed by atoms with van der Waals surface area (Å²) in [7, 11) is 2.02. The zero-order valence-corrected chi connectivity index (χ0v) is 13.1.